The summed E-state index contributed by atoms with van der Waals surface area (Å²) >= 11 is 0. The number of aryl methyl sites for hydroxylation is 2. The molecule has 2 rings (SSSR count). The maximum Gasteiger partial charge on any atom is 0.192 e. The molecule has 0 fully saturated rings. The molecule has 0 aliphatic heterocycles. The van der Waals surface area contributed by atoms with E-state index in [4.69, 9.17) is 8.95 Å². The van der Waals surface area contributed by atoms with Gasteiger partial charge in [0.05, 0.1) is 11.8 Å². The Labute approximate surface area is 161 Å². The van der Waals surface area contributed by atoms with Gasteiger partial charge in [-0.05, 0) is 49.7 Å². The predicted octanol–water partition coefficient (Wildman–Crippen LogP) is 5.42. The number of nitrogens with zero attached hydrogens (tertiary/aromatic N) is 1. The first kappa shape index (κ1) is 21.7. The lowest BCUT2D eigenvalue weighted by Gasteiger charge is -2.33. The maximum absolute atomic E-state index is 13.4. The average Bonchev–Trinajstić information content (AvgIpc) is 2.96. The summed E-state index contributed by atoms with van der Waals surface area (Å²) in [4.78, 5) is 0. The third-order valence-electron chi connectivity index (χ3n) is 5.32. The van der Waals surface area contributed by atoms with E-state index >= 15 is 0 Å². The quantitative estimate of drug-likeness (QED) is 0.545. The Balaban J connectivity index is 2.17. The number of aromatic nitrogens is 1. The van der Waals surface area contributed by atoms with E-state index in [2.05, 4.69) is 31.2 Å². The van der Waals surface area contributed by atoms with Crippen molar-refractivity contribution in [2.45, 2.75) is 65.4 Å². The average molecular weight is 397 g/mol. The zero-order valence-electron chi connectivity index (χ0n) is 16.9. The Bertz CT molecular complexity index is 700. The number of hydrogen-bond acceptors (Lipinski definition) is 4. The van der Waals surface area contributed by atoms with Crippen LogP contribution in [0.2, 0.25) is 18.1 Å². The van der Waals surface area contributed by atoms with Crippen molar-refractivity contribution in [3.8, 4) is 0 Å². The summed E-state index contributed by atoms with van der Waals surface area (Å²) in [5, 5.41) is 7.36. The minimum Gasteiger partial charge on any atom is -0.408 e. The van der Waals surface area contributed by atoms with E-state index in [1.807, 2.05) is 13.8 Å². The first-order valence-electron chi connectivity index (χ1n) is 9.60. The minimum atomic E-state index is -1.86. The molecule has 2 aromatic rings. The van der Waals surface area contributed by atoms with Gasteiger partial charge in [-0.2, -0.15) is 0 Å². The van der Waals surface area contributed by atoms with Crippen LogP contribution in [0.3, 0.4) is 0 Å². The van der Waals surface area contributed by atoms with Crippen molar-refractivity contribution in [1.29, 1.82) is 0 Å². The first-order valence-corrected chi connectivity index (χ1v) is 12.1. The van der Waals surface area contributed by atoms with Crippen molar-refractivity contribution in [1.82, 2.24) is 10.5 Å². The van der Waals surface area contributed by atoms with Crippen LogP contribution in [0.25, 0.3) is 0 Å². The fraction of sp³-hybridized carbons (Fsp3) is 0.550. The van der Waals surface area contributed by atoms with E-state index in [0.29, 0.717) is 18.7 Å². The molecule has 0 bridgehead atoms. The van der Waals surface area contributed by atoms with Crippen LogP contribution in [-0.4, -0.2) is 20.0 Å². The Morgan fingerprint density at radius 2 is 1.67 bits per heavy atom. The van der Waals surface area contributed by atoms with E-state index < -0.39 is 20.0 Å². The summed E-state index contributed by atoms with van der Waals surface area (Å²) in [7, 11) is -1.86. The number of nitrogens with one attached hydrogen (secondary N) is 1. The standard InChI is InChI=1S/C20H30F2N2O2Si/c1-6-27(7-2,8-3)26-19(20-14(4)24-25-15(20)5)13-23-12-16-9-17(21)11-18(22)10-16/h9-11,19,23H,6-8,12-13H2,1-5H3. The number of halogens is 2. The largest absolute Gasteiger partial charge is 0.408 e. The highest BCUT2D eigenvalue weighted by Gasteiger charge is 2.34. The van der Waals surface area contributed by atoms with E-state index in [9.17, 15) is 8.78 Å². The number of benzene rings is 1. The molecule has 1 aromatic carbocycles. The van der Waals surface area contributed by atoms with Crippen LogP contribution in [0.15, 0.2) is 22.7 Å². The van der Waals surface area contributed by atoms with E-state index in [-0.39, 0.29) is 6.10 Å². The summed E-state index contributed by atoms with van der Waals surface area (Å²) in [5.41, 5.74) is 2.36. The lowest BCUT2D eigenvalue weighted by molar-refractivity contribution is 0.183. The van der Waals surface area contributed by atoms with Crippen LogP contribution in [0.4, 0.5) is 8.78 Å². The highest BCUT2D eigenvalue weighted by molar-refractivity contribution is 6.73. The molecule has 1 unspecified atom stereocenters. The van der Waals surface area contributed by atoms with Gasteiger partial charge in [-0.15, -0.1) is 0 Å². The van der Waals surface area contributed by atoms with Gasteiger partial charge in [-0.25, -0.2) is 8.78 Å². The molecule has 0 aliphatic carbocycles. The second-order valence-corrected chi connectivity index (χ2v) is 11.7. The van der Waals surface area contributed by atoms with Gasteiger partial charge in [0, 0.05) is 24.7 Å². The van der Waals surface area contributed by atoms with Crippen molar-refractivity contribution < 1.29 is 17.7 Å². The molecule has 0 spiro atoms. The van der Waals surface area contributed by atoms with Crippen molar-refractivity contribution in [2.75, 3.05) is 6.54 Å². The molecule has 1 aromatic heterocycles. The van der Waals surface area contributed by atoms with Crippen molar-refractivity contribution in [3.05, 3.63) is 52.4 Å². The van der Waals surface area contributed by atoms with Crippen LogP contribution >= 0.6 is 0 Å². The van der Waals surface area contributed by atoms with E-state index in [1.165, 1.54) is 12.1 Å². The second kappa shape index (κ2) is 9.57. The Morgan fingerprint density at radius 1 is 1.07 bits per heavy atom. The highest BCUT2D eigenvalue weighted by Crippen LogP contribution is 2.32. The Kier molecular flexibility index (Phi) is 7.70. The molecule has 1 heterocycles. The SMILES string of the molecule is CC[Si](CC)(CC)OC(CNCc1cc(F)cc(F)c1)c1c(C)noc1C. The van der Waals surface area contributed by atoms with Gasteiger partial charge in [0.1, 0.15) is 17.4 Å². The lowest BCUT2D eigenvalue weighted by Crippen LogP contribution is -2.40. The first-order chi connectivity index (χ1) is 12.8. The fourth-order valence-corrected chi connectivity index (χ4v) is 6.32. The molecule has 1 atom stereocenters. The van der Waals surface area contributed by atoms with Gasteiger partial charge in [0.15, 0.2) is 8.32 Å². The third-order valence-corrected chi connectivity index (χ3v) is 9.97. The molecule has 4 nitrogen and oxygen atoms in total. The van der Waals surface area contributed by atoms with Gasteiger partial charge in [-0.3, -0.25) is 0 Å². The van der Waals surface area contributed by atoms with Crippen molar-refractivity contribution in [2.24, 2.45) is 0 Å². The highest BCUT2D eigenvalue weighted by atomic mass is 28.4. The molecule has 7 heteroatoms. The summed E-state index contributed by atoms with van der Waals surface area (Å²) in [6.07, 6.45) is -0.193. The van der Waals surface area contributed by atoms with Gasteiger partial charge in [-0.1, -0.05) is 25.9 Å². The van der Waals surface area contributed by atoms with Crippen molar-refractivity contribution in [3.63, 3.8) is 0 Å². The molecule has 0 aliphatic rings. The smallest absolute Gasteiger partial charge is 0.192 e. The zero-order chi connectivity index (χ0) is 20.0. The van der Waals surface area contributed by atoms with Gasteiger partial charge < -0.3 is 14.3 Å². The molecule has 0 radical (unpaired) electrons. The summed E-state index contributed by atoms with van der Waals surface area (Å²) < 4.78 is 38.8. The van der Waals surface area contributed by atoms with Gasteiger partial charge >= 0.3 is 0 Å². The molecule has 27 heavy (non-hydrogen) atoms. The molecular formula is C20H30F2N2O2Si. The van der Waals surface area contributed by atoms with Crippen LogP contribution < -0.4 is 5.32 Å². The van der Waals surface area contributed by atoms with Crippen LogP contribution in [0.1, 0.15) is 49.5 Å². The minimum absolute atomic E-state index is 0.193. The molecule has 0 amide bonds. The van der Waals surface area contributed by atoms with Gasteiger partial charge in [0.25, 0.3) is 0 Å². The predicted molar refractivity (Wildman–Crippen MR) is 105 cm³/mol. The molecule has 1 N–H and O–H groups in total. The number of hydrogen-bond donors (Lipinski definition) is 1. The van der Waals surface area contributed by atoms with Crippen LogP contribution in [0, 0.1) is 25.5 Å². The summed E-state index contributed by atoms with van der Waals surface area (Å²) in [6, 6.07) is 6.66. The lowest BCUT2D eigenvalue weighted by atomic mass is 10.1. The summed E-state index contributed by atoms with van der Waals surface area (Å²) in [5.74, 6) is -0.387. The molecular weight excluding hydrogens is 366 g/mol. The topological polar surface area (TPSA) is 47.3 Å². The van der Waals surface area contributed by atoms with Gasteiger partial charge in [0.2, 0.25) is 0 Å². The maximum atomic E-state index is 13.4. The van der Waals surface area contributed by atoms with Crippen molar-refractivity contribution >= 4 is 8.32 Å². The molecule has 0 saturated heterocycles. The second-order valence-electron chi connectivity index (χ2n) is 7.00. The normalized spacial score (nSPS) is 13.1. The zero-order valence-corrected chi connectivity index (χ0v) is 17.9. The third kappa shape index (κ3) is 5.46. The Morgan fingerprint density at radius 3 is 2.15 bits per heavy atom. The van der Waals surface area contributed by atoms with Crippen LogP contribution in [-0.2, 0) is 11.0 Å². The van der Waals surface area contributed by atoms with E-state index in [1.54, 1.807) is 0 Å². The number of rotatable bonds is 10. The Hall–Kier alpha value is -1.57. The fourth-order valence-electron chi connectivity index (χ4n) is 3.51. The monoisotopic (exact) mass is 396 g/mol. The van der Waals surface area contributed by atoms with E-state index in [0.717, 1.165) is 41.2 Å². The van der Waals surface area contributed by atoms with Crippen LogP contribution in [0.5, 0.6) is 0 Å². The summed E-state index contributed by atoms with van der Waals surface area (Å²) in [6.45, 7) is 11.2. The molecule has 0 saturated carbocycles. The molecule has 150 valence electrons.